The second-order valence-electron chi connectivity index (χ2n) is 2.91. The fourth-order valence-corrected chi connectivity index (χ4v) is 1.21. The second kappa shape index (κ2) is 3.03. The van der Waals surface area contributed by atoms with Crippen LogP contribution in [0.15, 0.2) is 27.4 Å². The Morgan fingerprint density at radius 2 is 1.87 bits per heavy atom. The first kappa shape index (κ1) is 9.09. The summed E-state index contributed by atoms with van der Waals surface area (Å²) < 4.78 is 4.78. The summed E-state index contributed by atoms with van der Waals surface area (Å²) in [6, 6.07) is 3.65. The lowest BCUT2D eigenvalue weighted by Gasteiger charge is -2.00. The Hall–Kier alpha value is -2.48. The lowest BCUT2D eigenvalue weighted by atomic mass is 10.2. The monoisotopic (exact) mass is 203 g/mol. The number of hydrogen-bond donors (Lipinski definition) is 2. The summed E-state index contributed by atoms with van der Waals surface area (Å²) in [6.07, 6.45) is 0. The molecule has 2 rings (SSSR count). The summed E-state index contributed by atoms with van der Waals surface area (Å²) in [7, 11) is 0. The predicted molar refractivity (Wildman–Crippen MR) is 52.1 cm³/mol. The van der Waals surface area contributed by atoms with E-state index in [1.807, 2.05) is 0 Å². The van der Waals surface area contributed by atoms with Gasteiger partial charge in [-0.1, -0.05) is 0 Å². The molecule has 0 unspecified atom stereocenters. The zero-order valence-electron chi connectivity index (χ0n) is 7.39. The summed E-state index contributed by atoms with van der Waals surface area (Å²) in [5.74, 6) is -0.700. The number of phenols is 2. The van der Waals surface area contributed by atoms with E-state index in [0.717, 1.165) is 6.07 Å². The second-order valence-corrected chi connectivity index (χ2v) is 2.91. The molecule has 0 saturated heterocycles. The van der Waals surface area contributed by atoms with Crippen LogP contribution < -0.4 is 5.63 Å². The minimum atomic E-state index is -0.761. The summed E-state index contributed by atoms with van der Waals surface area (Å²) in [4.78, 5) is 14.1. The Bertz CT molecular complexity index is 636. The Labute approximate surface area is 83.6 Å². The molecule has 1 aromatic heterocycles. The molecular weight excluding hydrogens is 198 g/mol. The van der Waals surface area contributed by atoms with Crippen molar-refractivity contribution in [3.63, 3.8) is 0 Å². The smallest absolute Gasteiger partial charge is 0.341 e. The first-order valence-electron chi connectivity index (χ1n) is 3.99. The van der Waals surface area contributed by atoms with Gasteiger partial charge < -0.3 is 14.6 Å². The van der Waals surface area contributed by atoms with Gasteiger partial charge in [0.05, 0.1) is 6.57 Å². The molecule has 0 saturated carbocycles. The quantitative estimate of drug-likeness (QED) is 0.388. The highest BCUT2D eigenvalue weighted by molar-refractivity contribution is 5.83. The van der Waals surface area contributed by atoms with Crippen LogP contribution >= 0.6 is 0 Å². The van der Waals surface area contributed by atoms with Gasteiger partial charge in [0.1, 0.15) is 5.58 Å². The van der Waals surface area contributed by atoms with E-state index in [4.69, 9.17) is 16.1 Å². The van der Waals surface area contributed by atoms with Gasteiger partial charge in [-0.15, -0.1) is 0 Å². The minimum absolute atomic E-state index is 0.128. The van der Waals surface area contributed by atoms with Crippen molar-refractivity contribution >= 4 is 16.7 Å². The molecule has 2 N–H and O–H groups in total. The lowest BCUT2D eigenvalue weighted by Crippen LogP contribution is -1.96. The van der Waals surface area contributed by atoms with Crippen LogP contribution in [0.1, 0.15) is 0 Å². The molecule has 0 bridgehead atoms. The van der Waals surface area contributed by atoms with Crippen LogP contribution in [-0.2, 0) is 0 Å². The standard InChI is InChI=1S/C10H5NO4/c1-11-6-2-5-3-7(12)8(13)4-9(5)15-10(6)14/h2-4,12-13H. The first-order chi connectivity index (χ1) is 7.11. The van der Waals surface area contributed by atoms with Gasteiger partial charge in [0, 0.05) is 11.5 Å². The maximum absolute atomic E-state index is 11.1. The molecule has 1 heterocycles. The number of nitrogens with zero attached hydrogens (tertiary/aromatic N) is 1. The SMILES string of the molecule is [C-]#[N+]c1cc2cc(O)c(O)cc2oc1=O. The van der Waals surface area contributed by atoms with Gasteiger partial charge in [0.25, 0.3) is 5.69 Å². The molecule has 0 atom stereocenters. The molecule has 74 valence electrons. The largest absolute Gasteiger partial charge is 0.504 e. The molecule has 0 amide bonds. The van der Waals surface area contributed by atoms with E-state index in [-0.39, 0.29) is 22.8 Å². The van der Waals surface area contributed by atoms with Crippen LogP contribution in [0.5, 0.6) is 11.5 Å². The predicted octanol–water partition coefficient (Wildman–Crippen LogP) is 1.75. The van der Waals surface area contributed by atoms with E-state index >= 15 is 0 Å². The molecule has 5 nitrogen and oxygen atoms in total. The Balaban J connectivity index is 2.90. The van der Waals surface area contributed by atoms with Crippen LogP contribution in [0.2, 0.25) is 0 Å². The normalized spacial score (nSPS) is 10.1. The van der Waals surface area contributed by atoms with E-state index in [0.29, 0.717) is 5.39 Å². The molecule has 1 aromatic carbocycles. The summed E-state index contributed by atoms with van der Waals surface area (Å²) in [6.45, 7) is 6.71. The highest BCUT2D eigenvalue weighted by atomic mass is 16.4. The van der Waals surface area contributed by atoms with Crippen LogP contribution in [0.4, 0.5) is 5.69 Å². The Morgan fingerprint density at radius 1 is 1.20 bits per heavy atom. The minimum Gasteiger partial charge on any atom is -0.504 e. The fraction of sp³-hybridized carbons (Fsp3) is 0. The van der Waals surface area contributed by atoms with Gasteiger partial charge in [-0.05, 0) is 12.1 Å². The summed E-state index contributed by atoms with van der Waals surface area (Å²) in [5, 5.41) is 18.8. The zero-order valence-corrected chi connectivity index (χ0v) is 7.39. The van der Waals surface area contributed by atoms with Gasteiger partial charge in [-0.3, -0.25) is 4.79 Å². The van der Waals surface area contributed by atoms with Crippen LogP contribution in [-0.4, -0.2) is 10.2 Å². The van der Waals surface area contributed by atoms with Gasteiger partial charge >= 0.3 is 5.63 Å². The van der Waals surface area contributed by atoms with Gasteiger partial charge in [-0.25, -0.2) is 4.85 Å². The third-order valence-corrected chi connectivity index (χ3v) is 1.93. The number of benzene rings is 1. The molecule has 0 aliphatic rings. The van der Waals surface area contributed by atoms with Crippen LogP contribution in [0, 0.1) is 6.57 Å². The third kappa shape index (κ3) is 1.38. The van der Waals surface area contributed by atoms with Crippen molar-refractivity contribution in [2.24, 2.45) is 0 Å². The van der Waals surface area contributed by atoms with Gasteiger partial charge in [-0.2, -0.15) is 0 Å². The number of phenolic OH excluding ortho intramolecular Hbond substituents is 2. The van der Waals surface area contributed by atoms with E-state index in [1.165, 1.54) is 12.1 Å². The van der Waals surface area contributed by atoms with Crippen molar-refractivity contribution in [1.82, 2.24) is 0 Å². The van der Waals surface area contributed by atoms with E-state index in [9.17, 15) is 9.90 Å². The van der Waals surface area contributed by atoms with E-state index in [1.54, 1.807) is 0 Å². The molecule has 5 heteroatoms. The molecule has 15 heavy (non-hydrogen) atoms. The third-order valence-electron chi connectivity index (χ3n) is 1.93. The number of fused-ring (bicyclic) bond motifs is 1. The Kier molecular flexibility index (Phi) is 1.83. The molecule has 2 aromatic rings. The zero-order chi connectivity index (χ0) is 11.0. The topological polar surface area (TPSA) is 75.0 Å². The fourth-order valence-electron chi connectivity index (χ4n) is 1.21. The number of aromatic hydroxyl groups is 2. The molecule has 0 fully saturated rings. The molecule has 0 aliphatic heterocycles. The van der Waals surface area contributed by atoms with Crippen LogP contribution in [0.25, 0.3) is 15.8 Å². The number of hydrogen-bond acceptors (Lipinski definition) is 4. The highest BCUT2D eigenvalue weighted by Gasteiger charge is 2.08. The Morgan fingerprint density at radius 3 is 2.53 bits per heavy atom. The lowest BCUT2D eigenvalue weighted by molar-refractivity contribution is 0.403. The van der Waals surface area contributed by atoms with Gasteiger partial charge in [0.15, 0.2) is 11.5 Å². The van der Waals surface area contributed by atoms with Crippen LogP contribution in [0.3, 0.4) is 0 Å². The van der Waals surface area contributed by atoms with Crippen molar-refractivity contribution < 1.29 is 14.6 Å². The van der Waals surface area contributed by atoms with Crippen molar-refractivity contribution in [1.29, 1.82) is 0 Å². The molecule has 0 radical (unpaired) electrons. The average Bonchev–Trinajstić information content (AvgIpc) is 2.20. The molecule has 0 spiro atoms. The number of rotatable bonds is 0. The van der Waals surface area contributed by atoms with Crippen molar-refractivity contribution in [3.05, 3.63) is 40.0 Å². The van der Waals surface area contributed by atoms with Crippen molar-refractivity contribution in [3.8, 4) is 11.5 Å². The summed E-state index contributed by atoms with van der Waals surface area (Å²) in [5.41, 5.74) is -0.794. The maximum Gasteiger partial charge on any atom is 0.341 e. The molecular formula is C10H5NO4. The van der Waals surface area contributed by atoms with E-state index in [2.05, 4.69) is 4.85 Å². The first-order valence-corrected chi connectivity index (χ1v) is 3.99. The highest BCUT2D eigenvalue weighted by Crippen LogP contribution is 2.30. The molecule has 0 aliphatic carbocycles. The van der Waals surface area contributed by atoms with E-state index < -0.39 is 5.63 Å². The van der Waals surface area contributed by atoms with Crippen molar-refractivity contribution in [2.45, 2.75) is 0 Å². The van der Waals surface area contributed by atoms with Crippen molar-refractivity contribution in [2.75, 3.05) is 0 Å². The summed E-state index contributed by atoms with van der Waals surface area (Å²) >= 11 is 0. The maximum atomic E-state index is 11.1. The van der Waals surface area contributed by atoms with Gasteiger partial charge in [0.2, 0.25) is 0 Å². The average molecular weight is 203 g/mol.